The van der Waals surface area contributed by atoms with Crippen LogP contribution < -0.4 is 14.9 Å². The number of rotatable bonds is 4. The molecule has 0 N–H and O–H groups in total. The minimum Gasteiger partial charge on any atom is -0.444 e. The monoisotopic (exact) mass is 400 g/mol. The molecule has 1 aromatic heterocycles. The van der Waals surface area contributed by atoms with E-state index in [0.717, 1.165) is 4.47 Å². The van der Waals surface area contributed by atoms with Gasteiger partial charge in [-0.2, -0.15) is 0 Å². The predicted molar refractivity (Wildman–Crippen MR) is 104 cm³/mol. The fourth-order valence-electron chi connectivity index (χ4n) is 3.10. The van der Waals surface area contributed by atoms with Gasteiger partial charge in [0.05, 0.1) is 16.9 Å². The highest BCUT2D eigenvalue weighted by Gasteiger charge is 2.53. The van der Waals surface area contributed by atoms with Crippen molar-refractivity contribution in [1.82, 2.24) is 9.94 Å². The second kappa shape index (κ2) is 6.57. The average Bonchev–Trinajstić information content (AvgIpc) is 2.98. The largest absolute Gasteiger partial charge is 0.444 e. The quantitative estimate of drug-likeness (QED) is 0.625. The molecule has 0 radical (unpaired) electrons. The molecule has 3 nitrogen and oxygen atoms in total. The summed E-state index contributed by atoms with van der Waals surface area (Å²) < 4.78 is 7.58. The van der Waals surface area contributed by atoms with Crippen LogP contribution in [-0.2, 0) is 0 Å². The Hall–Kier alpha value is -1.85. The fourth-order valence-corrected chi connectivity index (χ4v) is 7.62. The summed E-state index contributed by atoms with van der Waals surface area (Å²) >= 11 is 3.45. The third kappa shape index (κ3) is 3.06. The van der Waals surface area contributed by atoms with Crippen molar-refractivity contribution < 1.29 is 4.53 Å². The van der Waals surface area contributed by atoms with Crippen molar-refractivity contribution >= 4 is 34.6 Å². The van der Waals surface area contributed by atoms with Crippen LogP contribution in [0.1, 0.15) is 20.8 Å². The number of nitrogens with zero attached hydrogens (tertiary/aromatic N) is 2. The Morgan fingerprint density at radius 1 is 0.917 bits per heavy atom. The molecular formula is C19H21BrN2OSi. The summed E-state index contributed by atoms with van der Waals surface area (Å²) in [7, 11) is -2.60. The van der Waals surface area contributed by atoms with Gasteiger partial charge in [0, 0.05) is 5.04 Å². The van der Waals surface area contributed by atoms with Gasteiger partial charge in [0.1, 0.15) is 0 Å². The lowest BCUT2D eigenvalue weighted by Crippen LogP contribution is -2.70. The van der Waals surface area contributed by atoms with E-state index >= 15 is 0 Å². The maximum atomic E-state index is 6.67. The second-order valence-electron chi connectivity index (χ2n) is 6.82. The zero-order chi connectivity index (χ0) is 17.2. The zero-order valence-corrected chi connectivity index (χ0v) is 16.7. The van der Waals surface area contributed by atoms with E-state index in [0.29, 0.717) is 0 Å². The first-order valence-corrected chi connectivity index (χ1v) is 10.6. The average molecular weight is 401 g/mol. The first-order chi connectivity index (χ1) is 11.4. The third-order valence-corrected chi connectivity index (χ3v) is 9.45. The van der Waals surface area contributed by atoms with Gasteiger partial charge in [-0.25, -0.2) is 0 Å². The van der Waals surface area contributed by atoms with E-state index in [-0.39, 0.29) is 5.04 Å². The van der Waals surface area contributed by atoms with Gasteiger partial charge < -0.3 is 4.53 Å². The van der Waals surface area contributed by atoms with Gasteiger partial charge in [-0.05, 0) is 26.3 Å². The molecule has 5 heteroatoms. The van der Waals surface area contributed by atoms with Crippen LogP contribution in [0, 0.1) is 0 Å². The molecule has 0 fully saturated rings. The second-order valence-corrected chi connectivity index (χ2v) is 11.9. The first kappa shape index (κ1) is 17.0. The van der Waals surface area contributed by atoms with Crippen LogP contribution in [-0.4, -0.2) is 18.3 Å². The highest BCUT2D eigenvalue weighted by Crippen LogP contribution is 2.35. The number of hydrogen-bond acceptors (Lipinski definition) is 2. The van der Waals surface area contributed by atoms with Crippen LogP contribution in [0.2, 0.25) is 5.04 Å². The molecule has 0 saturated heterocycles. The van der Waals surface area contributed by atoms with Gasteiger partial charge in [0.15, 0.2) is 0 Å². The normalized spacial score (nSPS) is 12.2. The van der Waals surface area contributed by atoms with Crippen LogP contribution in [0.15, 0.2) is 77.5 Å². The molecule has 124 valence electrons. The molecule has 0 bridgehead atoms. The molecule has 0 spiro atoms. The lowest BCUT2D eigenvalue weighted by Gasteiger charge is -2.41. The highest BCUT2D eigenvalue weighted by atomic mass is 79.9. The van der Waals surface area contributed by atoms with Crippen molar-refractivity contribution in [2.24, 2.45) is 0 Å². The van der Waals surface area contributed by atoms with Gasteiger partial charge >= 0.3 is 8.32 Å². The van der Waals surface area contributed by atoms with Crippen molar-refractivity contribution in [2.45, 2.75) is 25.8 Å². The molecule has 0 unspecified atom stereocenters. The van der Waals surface area contributed by atoms with Gasteiger partial charge in [0.2, 0.25) is 0 Å². The molecular weight excluding hydrogens is 380 g/mol. The van der Waals surface area contributed by atoms with E-state index in [1.165, 1.54) is 10.4 Å². The lowest BCUT2D eigenvalue weighted by molar-refractivity contribution is 0.218. The minimum atomic E-state index is -2.60. The van der Waals surface area contributed by atoms with E-state index in [1.54, 1.807) is 11.0 Å². The molecule has 0 aliphatic rings. The van der Waals surface area contributed by atoms with Crippen molar-refractivity contribution in [3.63, 3.8) is 0 Å². The Morgan fingerprint density at radius 2 is 1.42 bits per heavy atom. The third-order valence-electron chi connectivity index (χ3n) is 4.18. The first-order valence-electron chi connectivity index (χ1n) is 7.94. The van der Waals surface area contributed by atoms with Crippen LogP contribution in [0.25, 0.3) is 0 Å². The number of hydrogen-bond donors (Lipinski definition) is 0. The zero-order valence-electron chi connectivity index (χ0n) is 14.1. The summed E-state index contributed by atoms with van der Waals surface area (Å²) in [6.07, 6.45) is 3.61. The van der Waals surface area contributed by atoms with E-state index in [1.807, 2.05) is 18.3 Å². The molecule has 0 atom stereocenters. The minimum absolute atomic E-state index is 0.0753. The van der Waals surface area contributed by atoms with E-state index in [9.17, 15) is 0 Å². The molecule has 0 aliphatic carbocycles. The van der Waals surface area contributed by atoms with Crippen molar-refractivity contribution in [1.29, 1.82) is 0 Å². The van der Waals surface area contributed by atoms with Gasteiger partial charge in [0.25, 0.3) is 0 Å². The smallest absolute Gasteiger partial charge is 0.354 e. The Balaban J connectivity index is 2.25. The predicted octanol–water partition coefficient (Wildman–Crippen LogP) is 3.63. The summed E-state index contributed by atoms with van der Waals surface area (Å²) in [5, 5.41) is 6.74. The molecule has 0 amide bonds. The van der Waals surface area contributed by atoms with Crippen molar-refractivity contribution in [3.05, 3.63) is 77.5 Å². The number of benzene rings is 2. The molecule has 2 aromatic carbocycles. The molecule has 3 rings (SSSR count). The fraction of sp³-hybridized carbons (Fsp3) is 0.211. The van der Waals surface area contributed by atoms with Crippen LogP contribution in [0.5, 0.6) is 0 Å². The molecule has 0 saturated carbocycles. The molecule has 0 aliphatic heterocycles. The lowest BCUT2D eigenvalue weighted by atomic mass is 10.2. The SMILES string of the molecule is CC(C)(C)[Si](On1cc(Br)cn1)(c1ccccc1)c1ccccc1. The number of aromatic nitrogens is 2. The van der Waals surface area contributed by atoms with E-state index < -0.39 is 8.32 Å². The number of halogens is 1. The topological polar surface area (TPSA) is 27.1 Å². The standard InChI is InChI=1S/C19H21BrN2OSi/c1-19(2,3)24(17-10-6-4-7-11-17,18-12-8-5-9-13-18)23-22-15-16(20)14-21-22/h4-15H,1-3H3. The molecule has 24 heavy (non-hydrogen) atoms. The summed E-state index contributed by atoms with van der Waals surface area (Å²) in [6.45, 7) is 6.74. The Kier molecular flexibility index (Phi) is 4.65. The van der Waals surface area contributed by atoms with Crippen LogP contribution in [0.4, 0.5) is 0 Å². The summed E-state index contributed by atoms with van der Waals surface area (Å²) in [6, 6.07) is 21.1. The maximum Gasteiger partial charge on any atom is 0.354 e. The Morgan fingerprint density at radius 3 is 1.79 bits per heavy atom. The van der Waals surface area contributed by atoms with E-state index in [4.69, 9.17) is 4.53 Å². The summed E-state index contributed by atoms with van der Waals surface area (Å²) in [5.74, 6) is 0. The molecule has 1 heterocycles. The Bertz CT molecular complexity index is 757. The highest BCUT2D eigenvalue weighted by molar-refractivity contribution is 9.10. The van der Waals surface area contributed by atoms with E-state index in [2.05, 4.69) is 90.3 Å². The summed E-state index contributed by atoms with van der Waals surface area (Å²) in [4.78, 5) is 1.60. The maximum absolute atomic E-state index is 6.67. The van der Waals surface area contributed by atoms with Gasteiger partial charge in [-0.15, -0.1) is 9.94 Å². The van der Waals surface area contributed by atoms with Crippen molar-refractivity contribution in [3.8, 4) is 0 Å². The summed E-state index contributed by atoms with van der Waals surface area (Å²) in [5.41, 5.74) is 0. The van der Waals surface area contributed by atoms with Gasteiger partial charge in [-0.1, -0.05) is 81.4 Å². The molecule has 3 aromatic rings. The van der Waals surface area contributed by atoms with Crippen LogP contribution in [0.3, 0.4) is 0 Å². The Labute approximate surface area is 152 Å². The van der Waals surface area contributed by atoms with Crippen LogP contribution >= 0.6 is 15.9 Å². The van der Waals surface area contributed by atoms with Gasteiger partial charge in [-0.3, -0.25) is 0 Å². The van der Waals surface area contributed by atoms with Crippen molar-refractivity contribution in [2.75, 3.05) is 0 Å².